The van der Waals surface area contributed by atoms with E-state index < -0.39 is 6.04 Å². The second kappa shape index (κ2) is 4.83. The average molecular weight is 254 g/mol. The molecule has 0 aliphatic carbocycles. The number of thiazole rings is 1. The Morgan fingerprint density at radius 2 is 2.47 bits per heavy atom. The van der Waals surface area contributed by atoms with Gasteiger partial charge in [-0.15, -0.1) is 11.3 Å². The zero-order chi connectivity index (χ0) is 12.4. The lowest BCUT2D eigenvalue weighted by molar-refractivity contribution is -0.152. The van der Waals surface area contributed by atoms with Crippen LogP contribution in [0.1, 0.15) is 23.4 Å². The number of carbonyl (C=O) groups excluding carboxylic acids is 2. The summed E-state index contributed by atoms with van der Waals surface area (Å²) >= 11 is 1.47. The molecule has 17 heavy (non-hydrogen) atoms. The van der Waals surface area contributed by atoms with E-state index >= 15 is 0 Å². The smallest absolute Gasteiger partial charge is 0.329 e. The molecule has 1 saturated heterocycles. The molecule has 1 aliphatic rings. The minimum Gasteiger partial charge on any atom is -0.458 e. The number of aromatic nitrogens is 1. The Labute approximate surface area is 103 Å². The Kier molecular flexibility index (Phi) is 3.42. The first-order chi connectivity index (χ1) is 8.09. The lowest BCUT2D eigenvalue weighted by Gasteiger charge is -2.17. The highest BCUT2D eigenvalue weighted by Gasteiger charge is 2.34. The van der Waals surface area contributed by atoms with Gasteiger partial charge in [-0.25, -0.2) is 9.78 Å². The maximum atomic E-state index is 11.8. The van der Waals surface area contributed by atoms with Gasteiger partial charge in [0.2, 0.25) is 5.91 Å². The summed E-state index contributed by atoms with van der Waals surface area (Å²) in [5, 5.41) is 0. The van der Waals surface area contributed by atoms with Crippen molar-refractivity contribution < 1.29 is 14.3 Å². The molecular formula is C11H14N2O3S. The highest BCUT2D eigenvalue weighted by Crippen LogP contribution is 2.19. The van der Waals surface area contributed by atoms with Gasteiger partial charge in [0.05, 0.1) is 16.1 Å². The number of likely N-dealkylation sites (tertiary alicyclic amines) is 1. The topological polar surface area (TPSA) is 59.5 Å². The van der Waals surface area contributed by atoms with E-state index in [0.717, 1.165) is 10.6 Å². The van der Waals surface area contributed by atoms with Crippen LogP contribution in [0.2, 0.25) is 0 Å². The molecule has 0 aromatic carbocycles. The van der Waals surface area contributed by atoms with Crippen LogP contribution in [-0.2, 0) is 20.9 Å². The molecular weight excluding hydrogens is 240 g/mol. The molecule has 0 spiro atoms. The van der Waals surface area contributed by atoms with Crippen LogP contribution in [0.5, 0.6) is 0 Å². The molecule has 1 aromatic heterocycles. The minimum absolute atomic E-state index is 0.000853. The summed E-state index contributed by atoms with van der Waals surface area (Å²) in [4.78, 5) is 29.6. The molecule has 0 unspecified atom stereocenters. The van der Waals surface area contributed by atoms with Crippen molar-refractivity contribution in [3.05, 3.63) is 16.1 Å². The van der Waals surface area contributed by atoms with Crippen molar-refractivity contribution >= 4 is 23.2 Å². The summed E-state index contributed by atoms with van der Waals surface area (Å²) in [5.41, 5.74) is 2.61. The van der Waals surface area contributed by atoms with Crippen LogP contribution in [-0.4, -0.2) is 34.8 Å². The van der Waals surface area contributed by atoms with E-state index in [1.54, 1.807) is 12.6 Å². The molecule has 2 rings (SSSR count). The monoisotopic (exact) mass is 254 g/mol. The summed E-state index contributed by atoms with van der Waals surface area (Å²) in [6.07, 6.45) is 0.978. The summed E-state index contributed by atoms with van der Waals surface area (Å²) in [6, 6.07) is -0.421. The van der Waals surface area contributed by atoms with Crippen LogP contribution >= 0.6 is 11.3 Å². The fourth-order valence-electron chi connectivity index (χ4n) is 1.78. The molecule has 0 bridgehead atoms. The lowest BCUT2D eigenvalue weighted by atomic mass is 10.2. The third-order valence-corrected chi connectivity index (χ3v) is 3.86. The van der Waals surface area contributed by atoms with Crippen molar-refractivity contribution in [2.24, 2.45) is 0 Å². The van der Waals surface area contributed by atoms with Gasteiger partial charge in [-0.2, -0.15) is 0 Å². The van der Waals surface area contributed by atoms with Gasteiger partial charge >= 0.3 is 5.97 Å². The highest BCUT2D eigenvalue weighted by molar-refractivity contribution is 7.09. The summed E-state index contributed by atoms with van der Waals surface area (Å²) in [6.45, 7) is 2.12. The molecule has 1 atom stereocenters. The Morgan fingerprint density at radius 1 is 1.71 bits per heavy atom. The van der Waals surface area contributed by atoms with E-state index in [2.05, 4.69) is 4.98 Å². The molecule has 1 fully saturated rings. The standard InChI is InChI=1S/C11H14N2O3S/c1-7-9(17-6-12-7)5-16-11(15)8-3-4-10(14)13(8)2/h6,8H,3-5H2,1-2H3/t8-/m0/s1. The van der Waals surface area contributed by atoms with E-state index in [4.69, 9.17) is 4.74 Å². The van der Waals surface area contributed by atoms with Gasteiger partial charge in [0.1, 0.15) is 12.6 Å². The number of esters is 1. The summed E-state index contributed by atoms with van der Waals surface area (Å²) in [7, 11) is 1.64. The Bertz CT molecular complexity index is 444. The Morgan fingerprint density at radius 3 is 3.00 bits per heavy atom. The normalized spacial score (nSPS) is 19.8. The summed E-state index contributed by atoms with van der Waals surface area (Å²) < 4.78 is 5.21. The van der Waals surface area contributed by atoms with Crippen molar-refractivity contribution in [2.75, 3.05) is 7.05 Å². The zero-order valence-corrected chi connectivity index (χ0v) is 10.6. The van der Waals surface area contributed by atoms with Gasteiger partial charge < -0.3 is 9.64 Å². The predicted octanol–water partition coefficient (Wildman–Crippen LogP) is 1.12. The van der Waals surface area contributed by atoms with Crippen LogP contribution in [0.3, 0.4) is 0 Å². The lowest BCUT2D eigenvalue weighted by Crippen LogP contribution is -2.36. The maximum absolute atomic E-state index is 11.8. The number of hydrogen-bond donors (Lipinski definition) is 0. The second-order valence-electron chi connectivity index (χ2n) is 4.03. The first kappa shape index (κ1) is 12.0. The van der Waals surface area contributed by atoms with E-state index in [-0.39, 0.29) is 18.5 Å². The fourth-order valence-corrected chi connectivity index (χ4v) is 2.47. The predicted molar refractivity (Wildman–Crippen MR) is 62.4 cm³/mol. The van der Waals surface area contributed by atoms with E-state index in [1.165, 1.54) is 16.2 Å². The number of rotatable bonds is 3. The van der Waals surface area contributed by atoms with Crippen LogP contribution in [0.4, 0.5) is 0 Å². The largest absolute Gasteiger partial charge is 0.458 e. The average Bonchev–Trinajstić information content (AvgIpc) is 2.84. The number of carbonyl (C=O) groups is 2. The van der Waals surface area contributed by atoms with E-state index in [0.29, 0.717) is 12.8 Å². The van der Waals surface area contributed by atoms with Gasteiger partial charge in [-0.1, -0.05) is 0 Å². The van der Waals surface area contributed by atoms with Gasteiger partial charge in [-0.05, 0) is 13.3 Å². The number of amides is 1. The van der Waals surface area contributed by atoms with Crippen molar-refractivity contribution in [1.29, 1.82) is 0 Å². The number of hydrogen-bond acceptors (Lipinski definition) is 5. The van der Waals surface area contributed by atoms with Crippen molar-refractivity contribution in [1.82, 2.24) is 9.88 Å². The molecule has 1 aliphatic heterocycles. The van der Waals surface area contributed by atoms with Gasteiger partial charge in [0.25, 0.3) is 0 Å². The quantitative estimate of drug-likeness (QED) is 0.758. The van der Waals surface area contributed by atoms with E-state index in [9.17, 15) is 9.59 Å². The van der Waals surface area contributed by atoms with Crippen LogP contribution < -0.4 is 0 Å². The molecule has 0 radical (unpaired) electrons. The SMILES string of the molecule is Cc1ncsc1COC(=O)[C@@H]1CCC(=O)N1C. The molecule has 0 N–H and O–H groups in total. The zero-order valence-electron chi connectivity index (χ0n) is 9.80. The minimum atomic E-state index is -0.421. The number of nitrogens with zero attached hydrogens (tertiary/aromatic N) is 2. The van der Waals surface area contributed by atoms with Crippen LogP contribution in [0.25, 0.3) is 0 Å². The third kappa shape index (κ3) is 2.46. The molecule has 5 nitrogen and oxygen atoms in total. The first-order valence-corrected chi connectivity index (χ1v) is 6.29. The fraction of sp³-hybridized carbons (Fsp3) is 0.545. The van der Waals surface area contributed by atoms with Crippen LogP contribution in [0.15, 0.2) is 5.51 Å². The molecule has 2 heterocycles. The van der Waals surface area contributed by atoms with E-state index in [1.807, 2.05) is 6.92 Å². The third-order valence-electron chi connectivity index (χ3n) is 2.95. The molecule has 92 valence electrons. The second-order valence-corrected chi connectivity index (χ2v) is 4.97. The molecule has 1 amide bonds. The van der Waals surface area contributed by atoms with Gasteiger partial charge in [-0.3, -0.25) is 4.79 Å². The summed E-state index contributed by atoms with van der Waals surface area (Å²) in [5.74, 6) is -0.327. The highest BCUT2D eigenvalue weighted by atomic mass is 32.1. The molecule has 1 aromatic rings. The number of likely N-dealkylation sites (N-methyl/N-ethyl adjacent to an activating group) is 1. The van der Waals surface area contributed by atoms with Gasteiger partial charge in [0, 0.05) is 13.5 Å². The van der Waals surface area contributed by atoms with Crippen molar-refractivity contribution in [2.45, 2.75) is 32.4 Å². The Balaban J connectivity index is 1.90. The maximum Gasteiger partial charge on any atom is 0.329 e. The first-order valence-electron chi connectivity index (χ1n) is 5.41. The van der Waals surface area contributed by atoms with Crippen molar-refractivity contribution in [3.63, 3.8) is 0 Å². The van der Waals surface area contributed by atoms with Crippen LogP contribution in [0, 0.1) is 6.92 Å². The Hall–Kier alpha value is -1.43. The molecule has 6 heteroatoms. The van der Waals surface area contributed by atoms with Gasteiger partial charge in [0.15, 0.2) is 0 Å². The molecule has 0 saturated carbocycles. The number of ether oxygens (including phenoxy) is 1. The number of aryl methyl sites for hydroxylation is 1. The van der Waals surface area contributed by atoms with Crippen molar-refractivity contribution in [3.8, 4) is 0 Å².